The topological polar surface area (TPSA) is 46.2 Å². The van der Waals surface area contributed by atoms with Gasteiger partial charge in [0.25, 0.3) is 0 Å². The Balaban J connectivity index is 2.67. The fraction of sp³-hybridized carbons (Fsp3) is 0.455. The van der Waals surface area contributed by atoms with Crippen LogP contribution in [0.2, 0.25) is 0 Å². The molecule has 3 nitrogen and oxygen atoms in total. The van der Waals surface area contributed by atoms with E-state index in [-0.39, 0.29) is 10.9 Å². The summed E-state index contributed by atoms with van der Waals surface area (Å²) >= 11 is 0. The number of benzene rings is 1. The van der Waals surface area contributed by atoms with Gasteiger partial charge in [-0.1, -0.05) is 0 Å². The molecule has 2 rings (SSSR count). The minimum absolute atomic E-state index is 0.0933. The maximum atomic E-state index is 13.1. The van der Waals surface area contributed by atoms with Crippen molar-refractivity contribution in [2.75, 3.05) is 7.05 Å². The first-order valence-corrected chi connectivity index (χ1v) is 6.72. The molecule has 2 atom stereocenters. The van der Waals surface area contributed by atoms with E-state index in [1.807, 2.05) is 0 Å². The zero-order valence-corrected chi connectivity index (χ0v) is 10.0. The average molecular weight is 243 g/mol. The molecule has 1 N–H and O–H groups in total. The Hall–Kier alpha value is -0.940. The fourth-order valence-electron chi connectivity index (χ4n) is 2.13. The van der Waals surface area contributed by atoms with Gasteiger partial charge in [-0.05, 0) is 44.2 Å². The van der Waals surface area contributed by atoms with Gasteiger partial charge in [-0.3, -0.25) is 0 Å². The van der Waals surface area contributed by atoms with Gasteiger partial charge >= 0.3 is 0 Å². The highest BCUT2D eigenvalue weighted by Crippen LogP contribution is 2.36. The Morgan fingerprint density at radius 3 is 2.75 bits per heavy atom. The minimum atomic E-state index is -3.29. The molecular formula is C11H14FNO2S. The Bertz CT molecular complexity index is 513. The van der Waals surface area contributed by atoms with Crippen LogP contribution in [0.25, 0.3) is 0 Å². The summed E-state index contributed by atoms with van der Waals surface area (Å²) < 4.78 is 37.2. The van der Waals surface area contributed by atoms with Gasteiger partial charge in [0.2, 0.25) is 0 Å². The summed E-state index contributed by atoms with van der Waals surface area (Å²) in [7, 11) is -1.53. The van der Waals surface area contributed by atoms with E-state index in [4.69, 9.17) is 0 Å². The molecule has 0 aromatic heterocycles. The van der Waals surface area contributed by atoms with Gasteiger partial charge in [-0.15, -0.1) is 0 Å². The smallest absolute Gasteiger partial charge is 0.181 e. The van der Waals surface area contributed by atoms with E-state index in [2.05, 4.69) is 5.32 Å². The number of fused-ring (bicyclic) bond motifs is 1. The summed E-state index contributed by atoms with van der Waals surface area (Å²) in [6.45, 7) is 1.69. The van der Waals surface area contributed by atoms with Crippen LogP contribution >= 0.6 is 0 Å². The van der Waals surface area contributed by atoms with Crippen LogP contribution < -0.4 is 5.32 Å². The number of nitrogens with one attached hydrogen (secondary N) is 1. The first-order chi connectivity index (χ1) is 7.46. The molecular weight excluding hydrogens is 229 g/mol. The minimum Gasteiger partial charge on any atom is -0.313 e. The van der Waals surface area contributed by atoms with Crippen molar-refractivity contribution in [1.82, 2.24) is 5.32 Å². The van der Waals surface area contributed by atoms with E-state index in [0.29, 0.717) is 12.0 Å². The molecule has 1 aliphatic heterocycles. The highest BCUT2D eigenvalue weighted by molar-refractivity contribution is 7.92. The van der Waals surface area contributed by atoms with Crippen molar-refractivity contribution >= 4 is 9.84 Å². The van der Waals surface area contributed by atoms with E-state index in [1.165, 1.54) is 18.2 Å². The van der Waals surface area contributed by atoms with Crippen LogP contribution in [0, 0.1) is 5.82 Å². The van der Waals surface area contributed by atoms with Gasteiger partial charge in [-0.25, -0.2) is 12.8 Å². The van der Waals surface area contributed by atoms with Gasteiger partial charge in [0.1, 0.15) is 5.82 Å². The summed E-state index contributed by atoms with van der Waals surface area (Å²) in [5.74, 6) is -0.399. The third kappa shape index (κ3) is 1.64. The van der Waals surface area contributed by atoms with Crippen molar-refractivity contribution in [3.8, 4) is 0 Å². The first kappa shape index (κ1) is 11.5. The molecule has 0 saturated carbocycles. The van der Waals surface area contributed by atoms with Crippen LogP contribution in [0.3, 0.4) is 0 Å². The SMILES string of the molecule is CNC1CC(C)S(=O)(=O)c2ccc(F)cc21. The van der Waals surface area contributed by atoms with Crippen molar-refractivity contribution in [3.63, 3.8) is 0 Å². The summed E-state index contributed by atoms with van der Waals surface area (Å²) in [6, 6.07) is 3.77. The molecule has 1 aliphatic rings. The Kier molecular flexibility index (Phi) is 2.75. The maximum absolute atomic E-state index is 13.1. The summed E-state index contributed by atoms with van der Waals surface area (Å²) in [4.78, 5) is 0.256. The van der Waals surface area contributed by atoms with Crippen LogP contribution in [0.5, 0.6) is 0 Å². The van der Waals surface area contributed by atoms with Crippen LogP contribution in [0.15, 0.2) is 23.1 Å². The zero-order chi connectivity index (χ0) is 11.9. The van der Waals surface area contributed by atoms with Crippen molar-refractivity contribution in [2.45, 2.75) is 29.5 Å². The van der Waals surface area contributed by atoms with E-state index < -0.39 is 20.9 Å². The molecule has 0 radical (unpaired) electrons. The second kappa shape index (κ2) is 3.82. The summed E-state index contributed by atoms with van der Waals surface area (Å²) in [6.07, 6.45) is 0.481. The molecule has 0 saturated heterocycles. The molecule has 16 heavy (non-hydrogen) atoms. The molecule has 0 amide bonds. The maximum Gasteiger partial charge on any atom is 0.181 e. The molecule has 0 bridgehead atoms. The molecule has 0 fully saturated rings. The predicted molar refractivity (Wildman–Crippen MR) is 59.5 cm³/mol. The lowest BCUT2D eigenvalue weighted by Gasteiger charge is -2.29. The fourth-order valence-corrected chi connectivity index (χ4v) is 3.79. The van der Waals surface area contributed by atoms with Crippen LogP contribution in [-0.2, 0) is 9.84 Å². The average Bonchev–Trinajstić information content (AvgIpc) is 2.23. The second-order valence-electron chi connectivity index (χ2n) is 4.11. The van der Waals surface area contributed by atoms with Crippen molar-refractivity contribution in [1.29, 1.82) is 0 Å². The number of hydrogen-bond acceptors (Lipinski definition) is 3. The standard InChI is InChI=1S/C11H14FNO2S/c1-7-5-10(13-2)9-6-8(12)3-4-11(9)16(7,14)15/h3-4,6-7,10,13H,5H2,1-2H3. The van der Waals surface area contributed by atoms with Gasteiger partial charge < -0.3 is 5.32 Å². The van der Waals surface area contributed by atoms with Crippen molar-refractivity contribution in [2.24, 2.45) is 0 Å². The summed E-state index contributed by atoms with van der Waals surface area (Å²) in [5, 5.41) is 2.60. The third-order valence-corrected chi connectivity index (χ3v) is 5.34. The lowest BCUT2D eigenvalue weighted by Crippen LogP contribution is -2.33. The third-order valence-electron chi connectivity index (χ3n) is 3.10. The van der Waals surface area contributed by atoms with Crippen LogP contribution in [-0.4, -0.2) is 20.7 Å². The Morgan fingerprint density at radius 2 is 2.12 bits per heavy atom. The number of hydrogen-bond donors (Lipinski definition) is 1. The van der Waals surface area contributed by atoms with E-state index >= 15 is 0 Å². The van der Waals surface area contributed by atoms with Crippen LogP contribution in [0.1, 0.15) is 24.9 Å². The van der Waals surface area contributed by atoms with Crippen LogP contribution in [0.4, 0.5) is 4.39 Å². The quantitative estimate of drug-likeness (QED) is 0.763. The lowest BCUT2D eigenvalue weighted by atomic mass is 10.0. The molecule has 88 valence electrons. The van der Waals surface area contributed by atoms with E-state index in [0.717, 1.165) is 0 Å². The number of sulfone groups is 1. The molecule has 2 unspecified atom stereocenters. The number of rotatable bonds is 1. The Morgan fingerprint density at radius 1 is 1.44 bits per heavy atom. The van der Waals surface area contributed by atoms with Crippen molar-refractivity contribution < 1.29 is 12.8 Å². The van der Waals surface area contributed by atoms with E-state index in [1.54, 1.807) is 14.0 Å². The largest absolute Gasteiger partial charge is 0.313 e. The molecule has 0 aliphatic carbocycles. The second-order valence-corrected chi connectivity index (χ2v) is 6.45. The first-order valence-electron chi connectivity index (χ1n) is 5.17. The van der Waals surface area contributed by atoms with Gasteiger partial charge in [0.15, 0.2) is 9.84 Å². The highest BCUT2D eigenvalue weighted by Gasteiger charge is 2.35. The summed E-state index contributed by atoms with van der Waals surface area (Å²) in [5.41, 5.74) is 0.542. The predicted octanol–water partition coefficient (Wildman–Crippen LogP) is 1.65. The molecule has 1 aromatic carbocycles. The zero-order valence-electron chi connectivity index (χ0n) is 9.20. The molecule has 0 spiro atoms. The highest BCUT2D eigenvalue weighted by atomic mass is 32.2. The number of halogens is 1. The molecule has 1 aromatic rings. The van der Waals surface area contributed by atoms with Crippen molar-refractivity contribution in [3.05, 3.63) is 29.6 Å². The Labute approximate surface area is 94.6 Å². The lowest BCUT2D eigenvalue weighted by molar-refractivity contribution is 0.489. The van der Waals surface area contributed by atoms with Gasteiger partial charge in [0, 0.05) is 6.04 Å². The molecule has 1 heterocycles. The van der Waals surface area contributed by atoms with Gasteiger partial charge in [-0.2, -0.15) is 0 Å². The monoisotopic (exact) mass is 243 g/mol. The van der Waals surface area contributed by atoms with Gasteiger partial charge in [0.05, 0.1) is 10.1 Å². The van der Waals surface area contributed by atoms with E-state index in [9.17, 15) is 12.8 Å². The molecule has 5 heteroatoms. The normalized spacial score (nSPS) is 27.4.